The first-order valence-electron chi connectivity index (χ1n) is 12.7. The van der Waals surface area contributed by atoms with Crippen LogP contribution in [-0.4, -0.2) is 52.7 Å². The Balaban J connectivity index is 1.50. The highest BCUT2D eigenvalue weighted by molar-refractivity contribution is 6.02. The van der Waals surface area contributed by atoms with E-state index in [0.29, 0.717) is 37.5 Å². The van der Waals surface area contributed by atoms with Gasteiger partial charge in [-0.25, -0.2) is 4.98 Å². The average Bonchev–Trinajstić information content (AvgIpc) is 3.31. The Morgan fingerprint density at radius 3 is 2.70 bits per heavy atom. The standard InChI is InChI=1S/C30H30N4O3/c1-4-26(36)34-17-30(18-34)11-12-33(16-30)28-22(14-31)27(23-15-37-29(2,3)13-24(23)32-28)21-9-5-8-20-19(21)7-6-10-25(20)35/h4-10,35H,1,11-13,15-18H2,2-3H3. The second kappa shape index (κ2) is 8.32. The summed E-state index contributed by atoms with van der Waals surface area (Å²) in [5.74, 6) is 0.886. The molecular formula is C30H30N4O3. The van der Waals surface area contributed by atoms with Gasteiger partial charge < -0.3 is 19.6 Å². The molecule has 0 radical (unpaired) electrons. The number of pyridine rings is 1. The molecule has 0 unspecified atom stereocenters. The van der Waals surface area contributed by atoms with Gasteiger partial charge in [-0.1, -0.05) is 36.9 Å². The summed E-state index contributed by atoms with van der Waals surface area (Å²) in [6.45, 7) is 11.1. The Morgan fingerprint density at radius 2 is 1.95 bits per heavy atom. The van der Waals surface area contributed by atoms with Crippen LogP contribution < -0.4 is 4.90 Å². The number of anilines is 1. The number of phenols is 1. The van der Waals surface area contributed by atoms with E-state index in [4.69, 9.17) is 9.72 Å². The number of benzene rings is 2. The maximum Gasteiger partial charge on any atom is 0.245 e. The van der Waals surface area contributed by atoms with Crippen LogP contribution in [0.5, 0.6) is 5.75 Å². The Morgan fingerprint density at radius 1 is 1.19 bits per heavy atom. The Bertz CT molecular complexity index is 1500. The van der Waals surface area contributed by atoms with Crippen LogP contribution in [0.2, 0.25) is 0 Å². The molecular weight excluding hydrogens is 464 g/mol. The zero-order valence-electron chi connectivity index (χ0n) is 21.3. The molecule has 2 saturated heterocycles. The van der Waals surface area contributed by atoms with Crippen molar-refractivity contribution in [2.45, 2.75) is 38.9 Å². The quantitative estimate of drug-likeness (QED) is 0.537. The number of phenolic OH excluding ortho intramolecular Hbond substituents is 1. The molecule has 2 aromatic carbocycles. The van der Waals surface area contributed by atoms with E-state index in [1.54, 1.807) is 6.07 Å². The van der Waals surface area contributed by atoms with Crippen LogP contribution in [0, 0.1) is 16.7 Å². The van der Waals surface area contributed by atoms with Crippen molar-refractivity contribution in [3.63, 3.8) is 0 Å². The van der Waals surface area contributed by atoms with Crippen LogP contribution in [0.25, 0.3) is 21.9 Å². The lowest BCUT2D eigenvalue weighted by atomic mass is 9.79. The predicted molar refractivity (Wildman–Crippen MR) is 142 cm³/mol. The van der Waals surface area contributed by atoms with Crippen molar-refractivity contribution < 1.29 is 14.6 Å². The number of nitrogens with zero attached hydrogens (tertiary/aromatic N) is 4. The zero-order chi connectivity index (χ0) is 25.9. The van der Waals surface area contributed by atoms with Gasteiger partial charge in [0.25, 0.3) is 0 Å². The van der Waals surface area contributed by atoms with Crippen molar-refractivity contribution >= 4 is 22.5 Å². The molecule has 0 bridgehead atoms. The van der Waals surface area contributed by atoms with Crippen molar-refractivity contribution in [3.8, 4) is 22.9 Å². The molecule has 0 saturated carbocycles. The van der Waals surface area contributed by atoms with Crippen molar-refractivity contribution in [1.29, 1.82) is 5.26 Å². The second-order valence-corrected chi connectivity index (χ2v) is 11.2. The number of likely N-dealkylation sites (tertiary alicyclic amines) is 1. The molecule has 0 aliphatic carbocycles. The van der Waals surface area contributed by atoms with Crippen LogP contribution in [0.15, 0.2) is 49.1 Å². The first kappa shape index (κ1) is 23.5. The summed E-state index contributed by atoms with van der Waals surface area (Å²) < 4.78 is 6.20. The van der Waals surface area contributed by atoms with Crippen LogP contribution in [0.4, 0.5) is 5.82 Å². The van der Waals surface area contributed by atoms with E-state index in [1.807, 2.05) is 35.2 Å². The van der Waals surface area contributed by atoms with Gasteiger partial charge in [-0.05, 0) is 43.4 Å². The van der Waals surface area contributed by atoms with E-state index < -0.39 is 0 Å². The minimum atomic E-state index is -0.356. The minimum Gasteiger partial charge on any atom is -0.507 e. The molecule has 188 valence electrons. The lowest BCUT2D eigenvalue weighted by Gasteiger charge is -2.47. The normalized spacial score (nSPS) is 19.4. The third kappa shape index (κ3) is 3.75. The number of carbonyl (C=O) groups excluding carboxylic acids is 1. The fourth-order valence-electron chi connectivity index (χ4n) is 6.25. The molecule has 0 atom stereocenters. The molecule has 37 heavy (non-hydrogen) atoms. The van der Waals surface area contributed by atoms with Gasteiger partial charge in [-0.3, -0.25) is 4.79 Å². The molecule has 4 heterocycles. The maximum absolute atomic E-state index is 12.0. The number of aromatic hydroxyl groups is 1. The molecule has 1 spiro atoms. The summed E-state index contributed by atoms with van der Waals surface area (Å²) in [6, 6.07) is 13.8. The van der Waals surface area contributed by atoms with Crippen molar-refractivity contribution in [1.82, 2.24) is 9.88 Å². The van der Waals surface area contributed by atoms with E-state index in [1.165, 1.54) is 6.08 Å². The van der Waals surface area contributed by atoms with Crippen molar-refractivity contribution in [3.05, 3.63) is 65.9 Å². The number of aromatic nitrogens is 1. The van der Waals surface area contributed by atoms with E-state index in [0.717, 1.165) is 52.7 Å². The molecule has 1 aromatic heterocycles. The summed E-state index contributed by atoms with van der Waals surface area (Å²) in [7, 11) is 0. The largest absolute Gasteiger partial charge is 0.507 e. The number of hydrogen-bond donors (Lipinski definition) is 1. The fraction of sp³-hybridized carbons (Fsp3) is 0.367. The topological polar surface area (TPSA) is 89.7 Å². The van der Waals surface area contributed by atoms with Gasteiger partial charge in [0.1, 0.15) is 23.2 Å². The molecule has 7 heteroatoms. The van der Waals surface area contributed by atoms with E-state index in [9.17, 15) is 15.2 Å². The number of ether oxygens (including phenoxy) is 1. The highest BCUT2D eigenvalue weighted by Gasteiger charge is 2.49. The van der Waals surface area contributed by atoms with Gasteiger partial charge in [-0.15, -0.1) is 0 Å². The third-order valence-electron chi connectivity index (χ3n) is 8.12. The second-order valence-electron chi connectivity index (χ2n) is 11.2. The molecule has 3 aromatic rings. The third-order valence-corrected chi connectivity index (χ3v) is 8.12. The summed E-state index contributed by atoms with van der Waals surface area (Å²) >= 11 is 0. The van der Waals surface area contributed by atoms with E-state index >= 15 is 0 Å². The maximum atomic E-state index is 12.0. The van der Waals surface area contributed by atoms with E-state index in [-0.39, 0.29) is 22.7 Å². The van der Waals surface area contributed by atoms with Crippen LogP contribution in [-0.2, 0) is 22.6 Å². The van der Waals surface area contributed by atoms with E-state index in [2.05, 4.69) is 31.4 Å². The van der Waals surface area contributed by atoms with Crippen LogP contribution >= 0.6 is 0 Å². The number of hydrogen-bond acceptors (Lipinski definition) is 6. The molecule has 1 amide bonds. The first-order chi connectivity index (χ1) is 17.7. The van der Waals surface area contributed by atoms with Crippen molar-refractivity contribution in [2.75, 3.05) is 31.1 Å². The smallest absolute Gasteiger partial charge is 0.245 e. The molecule has 1 N–H and O–H groups in total. The van der Waals surface area contributed by atoms with Crippen molar-refractivity contribution in [2.24, 2.45) is 5.41 Å². The first-order valence-corrected chi connectivity index (χ1v) is 12.7. The molecule has 2 fully saturated rings. The molecule has 3 aliphatic heterocycles. The number of carbonyl (C=O) groups is 1. The Kier molecular flexibility index (Phi) is 5.29. The molecule has 6 rings (SSSR count). The van der Waals surface area contributed by atoms with Gasteiger partial charge in [0.05, 0.1) is 17.9 Å². The highest BCUT2D eigenvalue weighted by atomic mass is 16.5. The summed E-state index contributed by atoms with van der Waals surface area (Å²) in [5, 5.41) is 22.7. The Labute approximate surface area is 216 Å². The van der Waals surface area contributed by atoms with Gasteiger partial charge in [0.2, 0.25) is 5.91 Å². The van der Waals surface area contributed by atoms with Gasteiger partial charge in [0, 0.05) is 54.5 Å². The number of nitriles is 1. The monoisotopic (exact) mass is 494 g/mol. The summed E-state index contributed by atoms with van der Waals surface area (Å²) in [6.07, 6.45) is 2.96. The zero-order valence-corrected chi connectivity index (χ0v) is 21.3. The lowest BCUT2D eigenvalue weighted by molar-refractivity contribution is -0.136. The number of amides is 1. The van der Waals surface area contributed by atoms with Crippen LogP contribution in [0.1, 0.15) is 37.1 Å². The SMILES string of the molecule is C=CC(=O)N1CC2(CCN(c3nc4c(c(-c5cccc6c(O)cccc56)c3C#N)COC(C)(C)C4)C2)C1. The van der Waals surface area contributed by atoms with Gasteiger partial charge in [0.15, 0.2) is 0 Å². The van der Waals surface area contributed by atoms with Gasteiger partial charge in [-0.2, -0.15) is 5.26 Å². The predicted octanol–water partition coefficient (Wildman–Crippen LogP) is 4.56. The summed E-state index contributed by atoms with van der Waals surface area (Å²) in [4.78, 5) is 21.2. The average molecular weight is 495 g/mol. The number of fused-ring (bicyclic) bond motifs is 2. The molecule has 3 aliphatic rings. The lowest BCUT2D eigenvalue weighted by Crippen LogP contribution is -2.59. The molecule has 7 nitrogen and oxygen atoms in total. The van der Waals surface area contributed by atoms with Gasteiger partial charge >= 0.3 is 0 Å². The minimum absolute atomic E-state index is 0.0246. The number of rotatable bonds is 3. The summed E-state index contributed by atoms with van der Waals surface area (Å²) in [5.41, 5.74) is 3.84. The highest BCUT2D eigenvalue weighted by Crippen LogP contribution is 2.46. The Hall–Kier alpha value is -3.89. The van der Waals surface area contributed by atoms with Crippen LogP contribution in [0.3, 0.4) is 0 Å². The fourth-order valence-corrected chi connectivity index (χ4v) is 6.25.